The van der Waals surface area contributed by atoms with Crippen LogP contribution in [0.25, 0.3) is 5.65 Å². The standard InChI is InChI=1S/C7H9N5OS/c1-3-13-6-4-5-9-10-11-12(5)7(8-6)14-2/h4H,3H2,1-2H3. The van der Waals surface area contributed by atoms with E-state index in [2.05, 4.69) is 20.5 Å². The summed E-state index contributed by atoms with van der Waals surface area (Å²) < 4.78 is 6.87. The number of hydrogen-bond acceptors (Lipinski definition) is 6. The molecule has 0 fully saturated rings. The number of rotatable bonds is 3. The summed E-state index contributed by atoms with van der Waals surface area (Å²) in [6.07, 6.45) is 1.92. The Hall–Kier alpha value is -1.37. The van der Waals surface area contributed by atoms with Gasteiger partial charge in [-0.05, 0) is 23.6 Å². The van der Waals surface area contributed by atoms with Gasteiger partial charge in [0.15, 0.2) is 10.8 Å². The smallest absolute Gasteiger partial charge is 0.219 e. The predicted molar refractivity (Wildman–Crippen MR) is 51.5 cm³/mol. The quantitative estimate of drug-likeness (QED) is 0.548. The van der Waals surface area contributed by atoms with Crippen LogP contribution < -0.4 is 4.74 Å². The van der Waals surface area contributed by atoms with Crippen LogP contribution in [0.15, 0.2) is 11.2 Å². The molecular weight excluding hydrogens is 202 g/mol. The molecule has 0 aromatic carbocycles. The Morgan fingerprint density at radius 3 is 3.14 bits per heavy atom. The highest BCUT2D eigenvalue weighted by atomic mass is 32.2. The fourth-order valence-corrected chi connectivity index (χ4v) is 1.54. The van der Waals surface area contributed by atoms with E-state index in [4.69, 9.17) is 4.74 Å². The number of hydrogen-bond donors (Lipinski definition) is 0. The minimum absolute atomic E-state index is 0.555. The van der Waals surface area contributed by atoms with Crippen LogP contribution in [0.5, 0.6) is 5.88 Å². The summed E-state index contributed by atoms with van der Waals surface area (Å²) in [4.78, 5) is 4.24. The maximum absolute atomic E-state index is 5.29. The summed E-state index contributed by atoms with van der Waals surface area (Å²) >= 11 is 1.47. The first-order chi connectivity index (χ1) is 6.85. The third-order valence-corrected chi connectivity index (χ3v) is 2.24. The Labute approximate surface area is 84.7 Å². The molecule has 0 unspecified atom stereocenters. The van der Waals surface area contributed by atoms with Crippen molar-refractivity contribution < 1.29 is 4.74 Å². The van der Waals surface area contributed by atoms with Crippen LogP contribution in [0.3, 0.4) is 0 Å². The number of thioether (sulfide) groups is 1. The second kappa shape index (κ2) is 3.79. The summed E-state index contributed by atoms with van der Waals surface area (Å²) in [7, 11) is 0. The molecule has 2 aromatic rings. The van der Waals surface area contributed by atoms with Crippen molar-refractivity contribution in [2.24, 2.45) is 0 Å². The first kappa shape index (κ1) is 9.20. The number of aromatic nitrogens is 5. The fraction of sp³-hybridized carbons (Fsp3) is 0.429. The molecule has 0 saturated heterocycles. The molecule has 0 saturated carbocycles. The van der Waals surface area contributed by atoms with Crippen molar-refractivity contribution in [3.63, 3.8) is 0 Å². The molecule has 2 rings (SSSR count). The molecule has 2 heterocycles. The second-order valence-corrected chi connectivity index (χ2v) is 3.24. The Morgan fingerprint density at radius 2 is 2.43 bits per heavy atom. The van der Waals surface area contributed by atoms with Gasteiger partial charge >= 0.3 is 0 Å². The second-order valence-electron chi connectivity index (χ2n) is 2.46. The van der Waals surface area contributed by atoms with Crippen LogP contribution in [0.2, 0.25) is 0 Å². The van der Waals surface area contributed by atoms with Gasteiger partial charge in [0.25, 0.3) is 0 Å². The normalized spacial score (nSPS) is 10.7. The molecule has 0 spiro atoms. The van der Waals surface area contributed by atoms with Gasteiger partial charge < -0.3 is 4.74 Å². The summed E-state index contributed by atoms with van der Waals surface area (Å²) in [5.74, 6) is 0.555. The Morgan fingerprint density at radius 1 is 1.57 bits per heavy atom. The predicted octanol–water partition coefficient (Wildman–Crippen LogP) is 0.640. The van der Waals surface area contributed by atoms with Gasteiger partial charge in [0.1, 0.15) is 0 Å². The summed E-state index contributed by atoms with van der Waals surface area (Å²) in [5, 5.41) is 11.9. The minimum atomic E-state index is 0.555. The molecule has 0 aliphatic heterocycles. The molecule has 0 amide bonds. The summed E-state index contributed by atoms with van der Waals surface area (Å²) in [6, 6.07) is 1.71. The van der Waals surface area contributed by atoms with Crippen molar-refractivity contribution >= 4 is 17.4 Å². The summed E-state index contributed by atoms with van der Waals surface area (Å²) in [6.45, 7) is 2.49. The highest BCUT2D eigenvalue weighted by molar-refractivity contribution is 7.98. The van der Waals surface area contributed by atoms with Crippen molar-refractivity contribution in [1.82, 2.24) is 25.0 Å². The van der Waals surface area contributed by atoms with Gasteiger partial charge in [-0.2, -0.15) is 9.50 Å². The van der Waals surface area contributed by atoms with E-state index in [1.165, 1.54) is 11.8 Å². The largest absolute Gasteiger partial charge is 0.478 e. The maximum Gasteiger partial charge on any atom is 0.219 e. The molecule has 14 heavy (non-hydrogen) atoms. The van der Waals surface area contributed by atoms with Crippen LogP contribution in [-0.4, -0.2) is 37.9 Å². The maximum atomic E-state index is 5.29. The Kier molecular flexibility index (Phi) is 2.49. The molecule has 74 valence electrons. The zero-order valence-electron chi connectivity index (χ0n) is 7.84. The van der Waals surface area contributed by atoms with Crippen molar-refractivity contribution in [2.45, 2.75) is 12.1 Å². The molecule has 0 atom stereocenters. The zero-order chi connectivity index (χ0) is 9.97. The van der Waals surface area contributed by atoms with Gasteiger partial charge in [-0.25, -0.2) is 0 Å². The molecule has 0 radical (unpaired) electrons. The number of fused-ring (bicyclic) bond motifs is 1. The van der Waals surface area contributed by atoms with Crippen molar-refractivity contribution in [3.8, 4) is 5.88 Å². The Bertz CT molecular complexity index is 443. The van der Waals surface area contributed by atoms with Gasteiger partial charge in [0.05, 0.1) is 6.61 Å². The number of nitrogens with zero attached hydrogens (tertiary/aromatic N) is 5. The fourth-order valence-electron chi connectivity index (χ4n) is 1.06. The van der Waals surface area contributed by atoms with Crippen LogP contribution in [0.1, 0.15) is 6.92 Å². The molecule has 0 bridgehead atoms. The third kappa shape index (κ3) is 1.50. The summed E-state index contributed by atoms with van der Waals surface area (Å²) in [5.41, 5.74) is 0.646. The van der Waals surface area contributed by atoms with Crippen molar-refractivity contribution in [3.05, 3.63) is 6.07 Å². The Balaban J connectivity index is 2.55. The number of ether oxygens (including phenoxy) is 1. The van der Waals surface area contributed by atoms with Crippen LogP contribution in [0, 0.1) is 0 Å². The van der Waals surface area contributed by atoms with Crippen LogP contribution >= 0.6 is 11.8 Å². The zero-order valence-corrected chi connectivity index (χ0v) is 8.65. The highest BCUT2D eigenvalue weighted by Crippen LogP contribution is 2.17. The molecular formula is C7H9N5OS. The number of tetrazole rings is 1. The van der Waals surface area contributed by atoms with Gasteiger partial charge in [-0.1, -0.05) is 11.8 Å². The molecule has 0 aliphatic carbocycles. The lowest BCUT2D eigenvalue weighted by Crippen LogP contribution is -2.00. The van der Waals surface area contributed by atoms with Gasteiger partial charge in [-0.15, -0.1) is 5.10 Å². The van der Waals surface area contributed by atoms with Crippen LogP contribution in [-0.2, 0) is 0 Å². The lowest BCUT2D eigenvalue weighted by atomic mass is 10.6. The van der Waals surface area contributed by atoms with E-state index in [9.17, 15) is 0 Å². The average Bonchev–Trinajstić information content (AvgIpc) is 2.65. The first-order valence-electron chi connectivity index (χ1n) is 4.11. The minimum Gasteiger partial charge on any atom is -0.478 e. The van der Waals surface area contributed by atoms with E-state index in [0.29, 0.717) is 18.1 Å². The average molecular weight is 211 g/mol. The van der Waals surface area contributed by atoms with E-state index < -0.39 is 0 Å². The molecule has 0 aliphatic rings. The topological polar surface area (TPSA) is 65.2 Å². The van der Waals surface area contributed by atoms with Crippen molar-refractivity contribution in [2.75, 3.05) is 12.9 Å². The van der Waals surface area contributed by atoms with E-state index in [-0.39, 0.29) is 0 Å². The van der Waals surface area contributed by atoms with Crippen molar-refractivity contribution in [1.29, 1.82) is 0 Å². The van der Waals surface area contributed by atoms with E-state index in [1.807, 2.05) is 13.2 Å². The van der Waals surface area contributed by atoms with Gasteiger partial charge in [0.2, 0.25) is 5.88 Å². The first-order valence-corrected chi connectivity index (χ1v) is 5.33. The third-order valence-electron chi connectivity index (χ3n) is 1.61. The molecule has 6 nitrogen and oxygen atoms in total. The molecule has 7 heteroatoms. The van der Waals surface area contributed by atoms with Crippen LogP contribution in [0.4, 0.5) is 0 Å². The molecule has 2 aromatic heterocycles. The lowest BCUT2D eigenvalue weighted by Gasteiger charge is -2.03. The lowest BCUT2D eigenvalue weighted by molar-refractivity contribution is 0.322. The highest BCUT2D eigenvalue weighted by Gasteiger charge is 2.07. The SMILES string of the molecule is CCOc1cc2nnnn2c(SC)n1. The van der Waals surface area contributed by atoms with E-state index >= 15 is 0 Å². The van der Waals surface area contributed by atoms with E-state index in [0.717, 1.165) is 5.16 Å². The molecule has 0 N–H and O–H groups in total. The van der Waals surface area contributed by atoms with E-state index in [1.54, 1.807) is 10.6 Å². The van der Waals surface area contributed by atoms with Gasteiger partial charge in [0, 0.05) is 6.07 Å². The van der Waals surface area contributed by atoms with Gasteiger partial charge in [-0.3, -0.25) is 0 Å². The monoisotopic (exact) mass is 211 g/mol.